The van der Waals surface area contributed by atoms with Crippen molar-refractivity contribution in [3.8, 4) is 0 Å². The third-order valence-electron chi connectivity index (χ3n) is 2.85. The number of hydrogen-bond donors (Lipinski definition) is 0. The Bertz CT molecular complexity index is 505. The Morgan fingerprint density at radius 3 is 2.42 bits per heavy atom. The van der Waals surface area contributed by atoms with Crippen molar-refractivity contribution in [3.05, 3.63) is 23.5 Å². The number of rotatable bonds is 5. The summed E-state index contributed by atoms with van der Waals surface area (Å²) in [4.78, 5) is 36.2. The predicted octanol–water partition coefficient (Wildman–Crippen LogP) is 0.863. The van der Waals surface area contributed by atoms with E-state index in [2.05, 4.69) is 4.74 Å². The number of carbonyl (C=O) groups is 3. The van der Waals surface area contributed by atoms with Gasteiger partial charge in [0.05, 0.1) is 7.11 Å². The first kappa shape index (κ1) is 14.9. The molecule has 0 N–H and O–H groups in total. The fraction of sp³-hybridized carbons (Fsp3) is 0.462. The Morgan fingerprint density at radius 1 is 1.37 bits per heavy atom. The molecule has 6 heteroatoms. The van der Waals surface area contributed by atoms with Crippen LogP contribution in [0.4, 0.5) is 0 Å². The largest absolute Gasteiger partial charge is 0.468 e. The third-order valence-corrected chi connectivity index (χ3v) is 2.85. The quantitative estimate of drug-likeness (QED) is 0.585. The summed E-state index contributed by atoms with van der Waals surface area (Å²) in [5.41, 5.74) is 0.843. The molecule has 0 aliphatic rings. The number of ether oxygens (including phenoxy) is 1. The van der Waals surface area contributed by atoms with E-state index in [4.69, 9.17) is 0 Å². The molecular formula is C13H18N2O4. The van der Waals surface area contributed by atoms with Crippen LogP contribution in [0.25, 0.3) is 0 Å². The van der Waals surface area contributed by atoms with Crippen LogP contribution in [0.1, 0.15) is 34.7 Å². The van der Waals surface area contributed by atoms with Crippen LogP contribution in [0.3, 0.4) is 0 Å². The van der Waals surface area contributed by atoms with Crippen molar-refractivity contribution in [2.75, 3.05) is 20.2 Å². The lowest BCUT2D eigenvalue weighted by atomic mass is 10.2. The number of amides is 1. The van der Waals surface area contributed by atoms with E-state index in [1.165, 1.54) is 25.0 Å². The lowest BCUT2D eigenvalue weighted by molar-refractivity contribution is -0.141. The second-order valence-corrected chi connectivity index (χ2v) is 4.18. The smallest absolute Gasteiger partial charge is 0.325 e. The first-order valence-electron chi connectivity index (χ1n) is 5.94. The van der Waals surface area contributed by atoms with E-state index in [9.17, 15) is 14.4 Å². The van der Waals surface area contributed by atoms with Crippen LogP contribution in [-0.4, -0.2) is 47.3 Å². The van der Waals surface area contributed by atoms with Gasteiger partial charge in [0.25, 0.3) is 5.91 Å². The maximum atomic E-state index is 12.3. The Kier molecular flexibility index (Phi) is 4.86. The highest BCUT2D eigenvalue weighted by Crippen LogP contribution is 2.11. The molecule has 0 saturated carbocycles. The molecule has 1 rings (SSSR count). The summed E-state index contributed by atoms with van der Waals surface area (Å²) in [6, 6.07) is 1.53. The molecule has 0 aliphatic carbocycles. The molecule has 0 aromatic carbocycles. The summed E-state index contributed by atoms with van der Waals surface area (Å²) >= 11 is 0. The van der Waals surface area contributed by atoms with Crippen LogP contribution in [-0.2, 0) is 16.6 Å². The number of methoxy groups -OCH3 is 1. The molecule has 0 spiro atoms. The number of carbonyl (C=O) groups excluding carboxylic acids is 3. The highest BCUT2D eigenvalue weighted by molar-refractivity contribution is 6.00. The summed E-state index contributed by atoms with van der Waals surface area (Å²) in [6.07, 6.45) is 1.60. The molecule has 1 aromatic heterocycles. The molecule has 6 nitrogen and oxygen atoms in total. The van der Waals surface area contributed by atoms with E-state index in [-0.39, 0.29) is 18.2 Å². The average Bonchev–Trinajstić information content (AvgIpc) is 2.77. The van der Waals surface area contributed by atoms with Crippen LogP contribution < -0.4 is 0 Å². The standard InChI is InChI=1S/C13H18N2O4/c1-5-15(8-12(17)19-4)13(18)11-6-10(9(2)16)7-14(11)3/h6-7H,5,8H2,1-4H3. The summed E-state index contributed by atoms with van der Waals surface area (Å²) < 4.78 is 6.13. The second kappa shape index (κ2) is 6.17. The van der Waals surface area contributed by atoms with Crippen LogP contribution in [0, 0.1) is 0 Å². The number of aryl methyl sites for hydroxylation is 1. The van der Waals surface area contributed by atoms with Crippen LogP contribution in [0.5, 0.6) is 0 Å². The van der Waals surface area contributed by atoms with E-state index in [0.717, 1.165) is 0 Å². The first-order chi connectivity index (χ1) is 8.90. The zero-order valence-electron chi connectivity index (χ0n) is 11.6. The van der Waals surface area contributed by atoms with Gasteiger partial charge in [0.15, 0.2) is 5.78 Å². The van der Waals surface area contributed by atoms with Gasteiger partial charge < -0.3 is 14.2 Å². The van der Waals surface area contributed by atoms with Gasteiger partial charge in [-0.25, -0.2) is 0 Å². The zero-order valence-corrected chi connectivity index (χ0v) is 11.6. The van der Waals surface area contributed by atoms with Gasteiger partial charge in [-0.3, -0.25) is 14.4 Å². The van der Waals surface area contributed by atoms with E-state index in [1.807, 2.05) is 0 Å². The highest BCUT2D eigenvalue weighted by atomic mass is 16.5. The van der Waals surface area contributed by atoms with E-state index in [1.54, 1.807) is 24.7 Å². The number of Topliss-reactive ketones (excluding diaryl/α,β-unsaturated/α-hetero) is 1. The highest BCUT2D eigenvalue weighted by Gasteiger charge is 2.21. The Hall–Kier alpha value is -2.11. The van der Waals surface area contributed by atoms with Gasteiger partial charge >= 0.3 is 5.97 Å². The third kappa shape index (κ3) is 3.43. The SMILES string of the molecule is CCN(CC(=O)OC)C(=O)c1cc(C(C)=O)cn1C. The van der Waals surface area contributed by atoms with E-state index in [0.29, 0.717) is 17.8 Å². The van der Waals surface area contributed by atoms with Gasteiger partial charge in [0, 0.05) is 25.4 Å². The number of esters is 1. The minimum atomic E-state index is -0.476. The molecule has 1 aromatic rings. The van der Waals surface area contributed by atoms with Crippen molar-refractivity contribution in [1.82, 2.24) is 9.47 Å². The molecule has 0 aliphatic heterocycles. The molecule has 0 atom stereocenters. The molecule has 19 heavy (non-hydrogen) atoms. The monoisotopic (exact) mass is 266 g/mol. The van der Waals surface area contributed by atoms with Gasteiger partial charge in [-0.1, -0.05) is 0 Å². The number of hydrogen-bond acceptors (Lipinski definition) is 4. The van der Waals surface area contributed by atoms with Crippen LogP contribution in [0.15, 0.2) is 12.3 Å². The number of ketones is 1. The maximum Gasteiger partial charge on any atom is 0.325 e. The van der Waals surface area contributed by atoms with Gasteiger partial charge in [0.2, 0.25) is 0 Å². The second-order valence-electron chi connectivity index (χ2n) is 4.18. The number of aromatic nitrogens is 1. The molecule has 0 saturated heterocycles. The van der Waals surface area contributed by atoms with Crippen molar-refractivity contribution in [1.29, 1.82) is 0 Å². The summed E-state index contributed by atoms with van der Waals surface area (Å²) in [5, 5.41) is 0. The normalized spacial score (nSPS) is 10.1. The lowest BCUT2D eigenvalue weighted by Crippen LogP contribution is -2.36. The van der Waals surface area contributed by atoms with Gasteiger partial charge in [-0.15, -0.1) is 0 Å². The van der Waals surface area contributed by atoms with Crippen molar-refractivity contribution in [3.63, 3.8) is 0 Å². The molecule has 1 amide bonds. The Labute approximate surface area is 111 Å². The molecule has 1 heterocycles. The first-order valence-corrected chi connectivity index (χ1v) is 5.94. The summed E-state index contributed by atoms with van der Waals surface area (Å²) in [6.45, 7) is 3.49. The molecule has 0 radical (unpaired) electrons. The molecule has 0 bridgehead atoms. The van der Waals surface area contributed by atoms with Crippen LogP contribution in [0.2, 0.25) is 0 Å². The van der Waals surface area contributed by atoms with Crippen LogP contribution >= 0.6 is 0 Å². The van der Waals surface area contributed by atoms with E-state index >= 15 is 0 Å². The Balaban J connectivity index is 2.97. The molecular weight excluding hydrogens is 248 g/mol. The fourth-order valence-electron chi connectivity index (χ4n) is 1.68. The van der Waals surface area contributed by atoms with Crippen molar-refractivity contribution in [2.45, 2.75) is 13.8 Å². The van der Waals surface area contributed by atoms with E-state index < -0.39 is 5.97 Å². The minimum Gasteiger partial charge on any atom is -0.468 e. The summed E-state index contributed by atoms with van der Waals surface area (Å²) in [5.74, 6) is -0.884. The molecule has 0 unspecified atom stereocenters. The van der Waals surface area contributed by atoms with Crippen molar-refractivity contribution in [2.24, 2.45) is 7.05 Å². The molecule has 0 fully saturated rings. The Morgan fingerprint density at radius 2 is 2.00 bits per heavy atom. The summed E-state index contributed by atoms with van der Waals surface area (Å²) in [7, 11) is 2.96. The topological polar surface area (TPSA) is 68.6 Å². The van der Waals surface area contributed by atoms with Gasteiger partial charge in [-0.2, -0.15) is 0 Å². The average molecular weight is 266 g/mol. The number of nitrogens with zero attached hydrogens (tertiary/aromatic N) is 2. The van der Waals surface area contributed by atoms with Gasteiger partial charge in [0.1, 0.15) is 12.2 Å². The lowest BCUT2D eigenvalue weighted by Gasteiger charge is -2.19. The number of likely N-dealkylation sites (N-methyl/N-ethyl adjacent to an activating group) is 1. The fourth-order valence-corrected chi connectivity index (χ4v) is 1.68. The van der Waals surface area contributed by atoms with Crippen molar-refractivity contribution >= 4 is 17.7 Å². The minimum absolute atomic E-state index is 0.105. The maximum absolute atomic E-state index is 12.3. The van der Waals surface area contributed by atoms with Crippen molar-refractivity contribution < 1.29 is 19.1 Å². The zero-order chi connectivity index (χ0) is 14.6. The van der Waals surface area contributed by atoms with Gasteiger partial charge in [-0.05, 0) is 19.9 Å². The molecule has 104 valence electrons. The predicted molar refractivity (Wildman–Crippen MR) is 69.0 cm³/mol.